The van der Waals surface area contributed by atoms with Gasteiger partial charge in [0.05, 0.1) is 13.3 Å². The average molecular weight is 294 g/mol. The molecule has 2 atom stereocenters. The second-order valence-electron chi connectivity index (χ2n) is 5.34. The SMILES string of the molecule is COc1ccccc1C=NNC(=O)C1CC1c1ccccc1. The Balaban J connectivity index is 1.56. The molecule has 0 aromatic heterocycles. The number of benzene rings is 2. The van der Waals surface area contributed by atoms with Crippen molar-refractivity contribution in [2.24, 2.45) is 11.0 Å². The molecule has 1 saturated carbocycles. The van der Waals surface area contributed by atoms with Crippen LogP contribution >= 0.6 is 0 Å². The maximum absolute atomic E-state index is 12.1. The van der Waals surface area contributed by atoms with Crippen molar-refractivity contribution < 1.29 is 9.53 Å². The van der Waals surface area contributed by atoms with Gasteiger partial charge in [-0.05, 0) is 30.0 Å². The lowest BCUT2D eigenvalue weighted by atomic mass is 10.1. The summed E-state index contributed by atoms with van der Waals surface area (Å²) < 4.78 is 5.23. The maximum Gasteiger partial charge on any atom is 0.243 e. The summed E-state index contributed by atoms with van der Waals surface area (Å²) in [4.78, 5) is 12.1. The van der Waals surface area contributed by atoms with Crippen LogP contribution in [0.3, 0.4) is 0 Å². The average Bonchev–Trinajstić information content (AvgIpc) is 3.37. The van der Waals surface area contributed by atoms with Gasteiger partial charge in [0.25, 0.3) is 0 Å². The number of methoxy groups -OCH3 is 1. The van der Waals surface area contributed by atoms with E-state index in [9.17, 15) is 4.79 Å². The highest BCUT2D eigenvalue weighted by atomic mass is 16.5. The number of ether oxygens (including phenoxy) is 1. The van der Waals surface area contributed by atoms with Gasteiger partial charge in [0.2, 0.25) is 5.91 Å². The molecule has 0 bridgehead atoms. The van der Waals surface area contributed by atoms with E-state index in [0.29, 0.717) is 5.92 Å². The lowest BCUT2D eigenvalue weighted by Gasteiger charge is -2.03. The van der Waals surface area contributed by atoms with Crippen molar-refractivity contribution in [2.75, 3.05) is 7.11 Å². The monoisotopic (exact) mass is 294 g/mol. The topological polar surface area (TPSA) is 50.7 Å². The van der Waals surface area contributed by atoms with E-state index in [1.165, 1.54) is 5.56 Å². The van der Waals surface area contributed by atoms with Crippen molar-refractivity contribution in [1.82, 2.24) is 5.43 Å². The molecule has 1 N–H and O–H groups in total. The van der Waals surface area contributed by atoms with E-state index in [0.717, 1.165) is 17.7 Å². The number of nitrogens with zero attached hydrogens (tertiary/aromatic N) is 1. The molecule has 2 unspecified atom stereocenters. The lowest BCUT2D eigenvalue weighted by Crippen LogP contribution is -2.20. The van der Waals surface area contributed by atoms with Gasteiger partial charge in [0.1, 0.15) is 5.75 Å². The Hall–Kier alpha value is -2.62. The van der Waals surface area contributed by atoms with Crippen LogP contribution in [0.4, 0.5) is 0 Å². The van der Waals surface area contributed by atoms with Gasteiger partial charge >= 0.3 is 0 Å². The predicted molar refractivity (Wildman–Crippen MR) is 86.0 cm³/mol. The highest BCUT2D eigenvalue weighted by molar-refractivity contribution is 5.87. The van der Waals surface area contributed by atoms with Crippen LogP contribution in [0.15, 0.2) is 59.7 Å². The van der Waals surface area contributed by atoms with Crippen molar-refractivity contribution in [3.8, 4) is 5.75 Å². The molecule has 1 amide bonds. The number of nitrogens with one attached hydrogen (secondary N) is 1. The summed E-state index contributed by atoms with van der Waals surface area (Å²) in [5.41, 5.74) is 4.67. The Bertz CT molecular complexity index is 682. The fourth-order valence-corrected chi connectivity index (χ4v) is 2.57. The molecule has 0 radical (unpaired) electrons. The van der Waals surface area contributed by atoms with Gasteiger partial charge in [-0.25, -0.2) is 5.43 Å². The number of carbonyl (C=O) groups is 1. The molecular formula is C18H18N2O2. The Morgan fingerprint density at radius 2 is 1.91 bits per heavy atom. The number of hydrazone groups is 1. The summed E-state index contributed by atoms with van der Waals surface area (Å²) in [5.74, 6) is 1.05. The van der Waals surface area contributed by atoms with Gasteiger partial charge < -0.3 is 4.74 Å². The zero-order valence-electron chi connectivity index (χ0n) is 12.4. The van der Waals surface area contributed by atoms with Crippen LogP contribution in [-0.4, -0.2) is 19.2 Å². The Morgan fingerprint density at radius 3 is 2.68 bits per heavy atom. The molecule has 1 aliphatic carbocycles. The van der Waals surface area contributed by atoms with Crippen LogP contribution < -0.4 is 10.2 Å². The van der Waals surface area contributed by atoms with Gasteiger partial charge in [-0.15, -0.1) is 0 Å². The van der Waals surface area contributed by atoms with Gasteiger partial charge in [-0.1, -0.05) is 42.5 Å². The van der Waals surface area contributed by atoms with Gasteiger partial charge in [0, 0.05) is 11.5 Å². The second-order valence-corrected chi connectivity index (χ2v) is 5.34. The minimum absolute atomic E-state index is 0.0252. The number of amides is 1. The molecule has 2 aromatic carbocycles. The van der Waals surface area contributed by atoms with Crippen molar-refractivity contribution in [3.05, 3.63) is 65.7 Å². The first-order chi connectivity index (χ1) is 10.8. The summed E-state index contributed by atoms with van der Waals surface area (Å²) >= 11 is 0. The number of hydrogen-bond acceptors (Lipinski definition) is 3. The molecule has 4 nitrogen and oxygen atoms in total. The van der Waals surface area contributed by atoms with Crippen molar-refractivity contribution in [3.63, 3.8) is 0 Å². The summed E-state index contributed by atoms with van der Waals surface area (Å²) in [5, 5.41) is 4.03. The third-order valence-corrected chi connectivity index (χ3v) is 3.87. The first-order valence-corrected chi connectivity index (χ1v) is 7.30. The molecule has 0 aliphatic heterocycles. The van der Waals surface area contributed by atoms with Crippen molar-refractivity contribution in [1.29, 1.82) is 0 Å². The summed E-state index contributed by atoms with van der Waals surface area (Å²) in [6.07, 6.45) is 2.50. The standard InChI is InChI=1S/C18H18N2O2/c1-22-17-10-6-5-9-14(17)12-19-20-18(21)16-11-15(16)13-7-3-2-4-8-13/h2-10,12,15-16H,11H2,1H3,(H,20,21). The van der Waals surface area contributed by atoms with E-state index in [1.54, 1.807) is 13.3 Å². The van der Waals surface area contributed by atoms with Crippen LogP contribution in [0.5, 0.6) is 5.75 Å². The molecule has 0 saturated heterocycles. The number of hydrogen-bond donors (Lipinski definition) is 1. The Labute approximate surface area is 129 Å². The first kappa shape index (κ1) is 14.3. The predicted octanol–water partition coefficient (Wildman–Crippen LogP) is 2.95. The maximum atomic E-state index is 12.1. The number of para-hydroxylation sites is 1. The summed E-state index contributed by atoms with van der Waals surface area (Å²) in [6.45, 7) is 0. The minimum Gasteiger partial charge on any atom is -0.496 e. The second kappa shape index (κ2) is 6.43. The highest BCUT2D eigenvalue weighted by Gasteiger charge is 2.43. The highest BCUT2D eigenvalue weighted by Crippen LogP contribution is 2.47. The molecule has 112 valence electrons. The van der Waals surface area contributed by atoms with Crippen LogP contribution in [0.2, 0.25) is 0 Å². The van der Waals surface area contributed by atoms with Gasteiger partial charge in [-0.3, -0.25) is 4.79 Å². The first-order valence-electron chi connectivity index (χ1n) is 7.30. The van der Waals surface area contributed by atoms with Crippen LogP contribution in [0.25, 0.3) is 0 Å². The Kier molecular flexibility index (Phi) is 4.19. The molecule has 0 spiro atoms. The zero-order valence-corrected chi connectivity index (χ0v) is 12.4. The molecule has 2 aromatic rings. The molecule has 1 fully saturated rings. The molecule has 22 heavy (non-hydrogen) atoms. The minimum atomic E-state index is -0.0278. The Morgan fingerprint density at radius 1 is 1.18 bits per heavy atom. The summed E-state index contributed by atoms with van der Waals surface area (Å²) in [7, 11) is 1.61. The van der Waals surface area contributed by atoms with Crippen molar-refractivity contribution in [2.45, 2.75) is 12.3 Å². The molecule has 1 aliphatic rings. The van der Waals surface area contributed by atoms with E-state index >= 15 is 0 Å². The van der Waals surface area contributed by atoms with Crippen LogP contribution in [0.1, 0.15) is 23.5 Å². The third kappa shape index (κ3) is 3.17. The van der Waals surface area contributed by atoms with E-state index in [2.05, 4.69) is 22.7 Å². The van der Waals surface area contributed by atoms with Gasteiger partial charge in [-0.2, -0.15) is 5.10 Å². The fraction of sp³-hybridized carbons (Fsp3) is 0.222. The molecule has 0 heterocycles. The smallest absolute Gasteiger partial charge is 0.243 e. The van der Waals surface area contributed by atoms with Crippen molar-refractivity contribution >= 4 is 12.1 Å². The third-order valence-electron chi connectivity index (χ3n) is 3.87. The van der Waals surface area contributed by atoms with Crippen LogP contribution in [-0.2, 0) is 4.79 Å². The summed E-state index contributed by atoms with van der Waals surface area (Å²) in [6, 6.07) is 17.7. The molecule has 3 rings (SSSR count). The normalized spacial score (nSPS) is 19.9. The van der Waals surface area contributed by atoms with E-state index in [-0.39, 0.29) is 11.8 Å². The molecular weight excluding hydrogens is 276 g/mol. The number of carbonyl (C=O) groups excluding carboxylic acids is 1. The quantitative estimate of drug-likeness (QED) is 0.681. The van der Waals surface area contributed by atoms with E-state index < -0.39 is 0 Å². The van der Waals surface area contributed by atoms with Crippen LogP contribution in [0, 0.1) is 5.92 Å². The zero-order chi connectivity index (χ0) is 15.4. The van der Waals surface area contributed by atoms with E-state index in [1.807, 2.05) is 42.5 Å². The van der Waals surface area contributed by atoms with Gasteiger partial charge in [0.15, 0.2) is 0 Å². The largest absolute Gasteiger partial charge is 0.496 e. The lowest BCUT2D eigenvalue weighted by molar-refractivity contribution is -0.122. The molecule has 4 heteroatoms. The van der Waals surface area contributed by atoms with E-state index in [4.69, 9.17) is 4.74 Å². The number of rotatable bonds is 5. The fourth-order valence-electron chi connectivity index (χ4n) is 2.57.